The molecule has 2 aliphatic rings. The summed E-state index contributed by atoms with van der Waals surface area (Å²) >= 11 is 0. The van der Waals surface area contributed by atoms with Gasteiger partial charge in [-0.15, -0.1) is 0 Å². The van der Waals surface area contributed by atoms with Crippen LogP contribution in [0.1, 0.15) is 36.3 Å². The van der Waals surface area contributed by atoms with Gasteiger partial charge in [0.05, 0.1) is 10.6 Å². The Kier molecular flexibility index (Phi) is 6.02. The highest BCUT2D eigenvalue weighted by atomic mass is 32.2. The number of nitrogens with one attached hydrogen (secondary N) is 1. The average Bonchev–Trinajstić information content (AvgIpc) is 3.18. The summed E-state index contributed by atoms with van der Waals surface area (Å²) in [7, 11) is -3.70. The Balaban J connectivity index is 1.31. The van der Waals surface area contributed by atoms with Gasteiger partial charge in [0.1, 0.15) is 12.4 Å². The lowest BCUT2D eigenvalue weighted by Gasteiger charge is -2.26. The summed E-state index contributed by atoms with van der Waals surface area (Å²) in [4.78, 5) is 12.6. The van der Waals surface area contributed by atoms with Crippen molar-refractivity contribution in [2.45, 2.75) is 30.1 Å². The highest BCUT2D eigenvalue weighted by Crippen LogP contribution is 2.44. The largest absolute Gasteiger partial charge is 0.506 e. The molecule has 0 radical (unpaired) electrons. The van der Waals surface area contributed by atoms with Crippen molar-refractivity contribution in [1.82, 2.24) is 4.31 Å². The molecule has 1 aliphatic heterocycles. The molecular formula is C26H26N2O5S. The van der Waals surface area contributed by atoms with Crippen LogP contribution in [0.5, 0.6) is 5.75 Å². The van der Waals surface area contributed by atoms with E-state index in [1.54, 1.807) is 0 Å². The Hall–Kier alpha value is -3.36. The molecule has 1 fully saturated rings. The van der Waals surface area contributed by atoms with E-state index in [4.69, 9.17) is 4.74 Å². The van der Waals surface area contributed by atoms with Crippen molar-refractivity contribution in [3.63, 3.8) is 0 Å². The minimum Gasteiger partial charge on any atom is -0.506 e. The highest BCUT2D eigenvalue weighted by Gasteiger charge is 2.30. The molecule has 2 N–H and O–H groups in total. The third kappa shape index (κ3) is 4.15. The van der Waals surface area contributed by atoms with Crippen molar-refractivity contribution in [2.75, 3.05) is 25.0 Å². The number of ether oxygens (including phenoxy) is 1. The minimum atomic E-state index is -3.70. The monoisotopic (exact) mass is 478 g/mol. The van der Waals surface area contributed by atoms with E-state index in [-0.39, 0.29) is 28.9 Å². The Morgan fingerprint density at radius 1 is 0.941 bits per heavy atom. The Morgan fingerprint density at radius 2 is 1.56 bits per heavy atom. The number of rotatable bonds is 5. The van der Waals surface area contributed by atoms with Crippen molar-refractivity contribution >= 4 is 21.8 Å². The molecule has 7 nitrogen and oxygen atoms in total. The van der Waals surface area contributed by atoms with E-state index < -0.39 is 16.1 Å². The maximum absolute atomic E-state index is 13.0. The highest BCUT2D eigenvalue weighted by molar-refractivity contribution is 7.89. The number of hydrogen-bond acceptors (Lipinski definition) is 5. The van der Waals surface area contributed by atoms with E-state index >= 15 is 0 Å². The maximum atomic E-state index is 13.0. The van der Waals surface area contributed by atoms with Crippen LogP contribution in [0, 0.1) is 0 Å². The lowest BCUT2D eigenvalue weighted by molar-refractivity contribution is 0.158. The predicted octanol–water partition coefficient (Wildman–Crippen LogP) is 4.93. The maximum Gasteiger partial charge on any atom is 0.411 e. The van der Waals surface area contributed by atoms with Crippen molar-refractivity contribution in [2.24, 2.45) is 0 Å². The second-order valence-electron chi connectivity index (χ2n) is 8.59. The first kappa shape index (κ1) is 22.4. The fraction of sp³-hybridized carbons (Fsp3) is 0.269. The SMILES string of the molecule is O=C(Nc1cc(S(=O)(=O)N2CCCCC2)ccc1O)OCC1c2ccccc2-c2ccccc21. The Morgan fingerprint density at radius 3 is 2.21 bits per heavy atom. The molecule has 1 aliphatic carbocycles. The first-order valence-electron chi connectivity index (χ1n) is 11.4. The van der Waals surface area contributed by atoms with Crippen LogP contribution in [0.15, 0.2) is 71.6 Å². The van der Waals surface area contributed by atoms with Crippen LogP contribution in [0.4, 0.5) is 10.5 Å². The number of piperidine rings is 1. The average molecular weight is 479 g/mol. The molecular weight excluding hydrogens is 452 g/mol. The standard InChI is InChI=1S/C26H26N2O5S/c29-25-13-12-18(34(31,32)28-14-6-1-7-15-28)16-24(25)27-26(30)33-17-23-21-10-4-2-8-19(21)20-9-3-5-11-22(20)23/h2-5,8-13,16,23,29H,1,6-7,14-15,17H2,(H,27,30). The van der Waals surface area contributed by atoms with E-state index in [0.717, 1.165) is 41.5 Å². The molecule has 0 bridgehead atoms. The number of sulfonamides is 1. The Labute approximate surface area is 199 Å². The lowest BCUT2D eigenvalue weighted by Crippen LogP contribution is -2.35. The van der Waals surface area contributed by atoms with E-state index in [1.165, 1.54) is 22.5 Å². The number of anilines is 1. The topological polar surface area (TPSA) is 95.9 Å². The van der Waals surface area contributed by atoms with Crippen molar-refractivity contribution in [3.05, 3.63) is 77.9 Å². The molecule has 0 saturated carbocycles. The van der Waals surface area contributed by atoms with Crippen LogP contribution in [0.2, 0.25) is 0 Å². The van der Waals surface area contributed by atoms with Gasteiger partial charge < -0.3 is 9.84 Å². The molecule has 1 heterocycles. The number of fused-ring (bicyclic) bond motifs is 3. The van der Waals surface area contributed by atoms with Gasteiger partial charge in [0.15, 0.2) is 0 Å². The summed E-state index contributed by atoms with van der Waals surface area (Å²) in [6, 6.07) is 20.0. The summed E-state index contributed by atoms with van der Waals surface area (Å²) in [6.45, 7) is 1.06. The van der Waals surface area contributed by atoms with Gasteiger partial charge in [-0.05, 0) is 53.3 Å². The molecule has 34 heavy (non-hydrogen) atoms. The third-order valence-electron chi connectivity index (χ3n) is 6.50. The number of carbonyl (C=O) groups is 1. The first-order valence-corrected chi connectivity index (χ1v) is 12.8. The van der Waals surface area contributed by atoms with E-state index in [0.29, 0.717) is 13.1 Å². The zero-order valence-electron chi connectivity index (χ0n) is 18.6. The van der Waals surface area contributed by atoms with Gasteiger partial charge in [0, 0.05) is 19.0 Å². The molecule has 1 amide bonds. The molecule has 0 aromatic heterocycles. The molecule has 176 valence electrons. The van der Waals surface area contributed by atoms with Gasteiger partial charge in [-0.3, -0.25) is 5.32 Å². The van der Waals surface area contributed by atoms with Crippen LogP contribution < -0.4 is 5.32 Å². The number of phenols is 1. The van der Waals surface area contributed by atoms with E-state index in [9.17, 15) is 18.3 Å². The number of nitrogens with zero attached hydrogens (tertiary/aromatic N) is 1. The van der Waals surface area contributed by atoms with Crippen LogP contribution in [-0.2, 0) is 14.8 Å². The molecule has 0 atom stereocenters. The molecule has 1 saturated heterocycles. The van der Waals surface area contributed by atoms with Crippen molar-refractivity contribution in [1.29, 1.82) is 0 Å². The molecule has 3 aromatic carbocycles. The smallest absolute Gasteiger partial charge is 0.411 e. The van der Waals surface area contributed by atoms with Gasteiger partial charge >= 0.3 is 6.09 Å². The number of phenolic OH excluding ortho intramolecular Hbond substituents is 1. The summed E-state index contributed by atoms with van der Waals surface area (Å²) in [5, 5.41) is 12.7. The Bertz CT molecular complexity index is 1290. The summed E-state index contributed by atoms with van der Waals surface area (Å²) in [6.07, 6.45) is 1.89. The van der Waals surface area contributed by atoms with Gasteiger partial charge in [-0.2, -0.15) is 4.31 Å². The van der Waals surface area contributed by atoms with Crippen molar-refractivity contribution in [3.8, 4) is 16.9 Å². The fourth-order valence-electron chi connectivity index (χ4n) is 4.77. The summed E-state index contributed by atoms with van der Waals surface area (Å²) in [5.41, 5.74) is 4.43. The van der Waals surface area contributed by atoms with Gasteiger partial charge in [-0.1, -0.05) is 55.0 Å². The quantitative estimate of drug-likeness (QED) is 0.507. The minimum absolute atomic E-state index is 0.00435. The molecule has 3 aromatic rings. The summed E-state index contributed by atoms with van der Waals surface area (Å²) in [5.74, 6) is -0.330. The lowest BCUT2D eigenvalue weighted by atomic mass is 9.98. The van der Waals surface area contributed by atoms with Gasteiger partial charge in [0.2, 0.25) is 10.0 Å². The second kappa shape index (κ2) is 9.12. The predicted molar refractivity (Wildman–Crippen MR) is 129 cm³/mol. The number of amides is 1. The van der Waals surface area contributed by atoms with Crippen LogP contribution in [0.3, 0.4) is 0 Å². The number of aromatic hydroxyl groups is 1. The van der Waals surface area contributed by atoms with Gasteiger partial charge in [0.25, 0.3) is 0 Å². The molecule has 0 spiro atoms. The zero-order valence-corrected chi connectivity index (χ0v) is 19.4. The third-order valence-corrected chi connectivity index (χ3v) is 8.40. The van der Waals surface area contributed by atoms with Crippen molar-refractivity contribution < 1.29 is 23.1 Å². The van der Waals surface area contributed by atoms with Gasteiger partial charge in [-0.25, -0.2) is 13.2 Å². The molecule has 5 rings (SSSR count). The second-order valence-corrected chi connectivity index (χ2v) is 10.5. The van der Waals surface area contributed by atoms with E-state index in [2.05, 4.69) is 17.4 Å². The number of carbonyl (C=O) groups excluding carboxylic acids is 1. The normalized spacial score (nSPS) is 16.0. The fourth-order valence-corrected chi connectivity index (χ4v) is 6.32. The number of hydrogen-bond donors (Lipinski definition) is 2. The summed E-state index contributed by atoms with van der Waals surface area (Å²) < 4.78 is 32.9. The van der Waals surface area contributed by atoms with E-state index in [1.807, 2.05) is 36.4 Å². The first-order chi connectivity index (χ1) is 16.4. The molecule has 8 heteroatoms. The number of benzene rings is 3. The zero-order chi connectivity index (χ0) is 23.7. The molecule has 0 unspecified atom stereocenters. The van der Waals surface area contributed by atoms with Crippen LogP contribution in [0.25, 0.3) is 11.1 Å². The van der Waals surface area contributed by atoms with Crippen LogP contribution in [-0.4, -0.2) is 43.6 Å². The van der Waals surface area contributed by atoms with Crippen LogP contribution >= 0.6 is 0 Å².